The van der Waals surface area contributed by atoms with Crippen molar-refractivity contribution in [1.29, 1.82) is 0 Å². The zero-order valence-corrected chi connectivity index (χ0v) is 55.8. The highest BCUT2D eigenvalue weighted by atomic mass is 16.6. The van der Waals surface area contributed by atoms with E-state index in [1.165, 1.54) is 295 Å². The number of ketones is 2. The predicted octanol–water partition coefficient (Wildman–Crippen LogP) is 23.4. The molecular weight excluding hydrogens is 1000 g/mol. The second kappa shape index (κ2) is 68.3. The van der Waals surface area contributed by atoms with Crippen LogP contribution in [0.1, 0.15) is 407 Å². The van der Waals surface area contributed by atoms with Crippen molar-refractivity contribution in [2.75, 3.05) is 33.0 Å². The smallest absolute Gasteiger partial charge is 0.229 e. The van der Waals surface area contributed by atoms with Crippen LogP contribution in [0.5, 0.6) is 0 Å². The van der Waals surface area contributed by atoms with Crippen LogP contribution in [-0.4, -0.2) is 74.1 Å². The molecule has 0 aromatic carbocycles. The maximum absolute atomic E-state index is 14.3. The monoisotopic (exact) mass is 1150 g/mol. The van der Waals surface area contributed by atoms with E-state index in [2.05, 4.69) is 27.7 Å². The van der Waals surface area contributed by atoms with Crippen molar-refractivity contribution in [3.63, 3.8) is 0 Å². The van der Waals surface area contributed by atoms with E-state index in [-0.39, 0.29) is 13.0 Å². The number of unbranched alkanes of at least 4 members (excludes halogenated alkanes) is 52. The molecule has 0 amide bonds. The van der Waals surface area contributed by atoms with Crippen LogP contribution in [0.25, 0.3) is 0 Å². The van der Waals surface area contributed by atoms with Gasteiger partial charge >= 0.3 is 0 Å². The third kappa shape index (κ3) is 56.7. The molecule has 0 saturated carbocycles. The maximum Gasteiger partial charge on any atom is 0.229 e. The number of hydrogen-bond donors (Lipinski definition) is 1. The first-order chi connectivity index (χ1) is 40.0. The molecule has 0 aliphatic heterocycles. The van der Waals surface area contributed by atoms with E-state index >= 15 is 0 Å². The number of Topliss-reactive ketones (excluding diaryl/α,β-unsaturated/α-hetero) is 2. The molecule has 0 spiro atoms. The molecule has 1 N–H and O–H groups in total. The van der Waals surface area contributed by atoms with Crippen molar-refractivity contribution < 1.29 is 33.6 Å². The summed E-state index contributed by atoms with van der Waals surface area (Å²) in [5.41, 5.74) is 0. The van der Waals surface area contributed by atoms with Gasteiger partial charge in [0.1, 0.15) is 18.3 Å². The normalized spacial score (nSPS) is 13.3. The summed E-state index contributed by atoms with van der Waals surface area (Å²) in [5, 5.41) is 12.1. The minimum atomic E-state index is -1.13. The lowest BCUT2D eigenvalue weighted by Gasteiger charge is -2.35. The summed E-state index contributed by atoms with van der Waals surface area (Å²) < 4.78 is 26.3. The van der Waals surface area contributed by atoms with E-state index in [9.17, 15) is 14.7 Å². The third-order valence-electron chi connectivity index (χ3n) is 17.4. The highest BCUT2D eigenvalue weighted by molar-refractivity contribution is 6.39. The molecule has 4 atom stereocenters. The van der Waals surface area contributed by atoms with Gasteiger partial charge in [0.25, 0.3) is 0 Å². The Kier molecular flexibility index (Phi) is 67.5. The average molecular weight is 1150 g/mol. The molecule has 0 aliphatic rings. The lowest BCUT2D eigenvalue weighted by Crippen LogP contribution is -2.54. The molecule has 0 fully saturated rings. The van der Waals surface area contributed by atoms with E-state index in [1.807, 2.05) is 6.92 Å². The number of hydrogen-bond acceptors (Lipinski definition) is 7. The Balaban J connectivity index is 5.76. The minimum absolute atomic E-state index is 0.101. The zero-order chi connectivity index (χ0) is 58.8. The van der Waals surface area contributed by atoms with Crippen LogP contribution >= 0.6 is 0 Å². The van der Waals surface area contributed by atoms with Crippen LogP contribution in [-0.2, 0) is 28.5 Å². The van der Waals surface area contributed by atoms with Gasteiger partial charge in [-0.2, -0.15) is 0 Å². The molecule has 0 aromatic heterocycles. The molecule has 0 aliphatic carbocycles. The van der Waals surface area contributed by atoms with Crippen molar-refractivity contribution in [2.45, 2.75) is 431 Å². The summed E-state index contributed by atoms with van der Waals surface area (Å²) in [7, 11) is 0. The number of aliphatic hydroxyl groups excluding tert-OH is 1. The fourth-order valence-electron chi connectivity index (χ4n) is 11.8. The first-order valence-electron chi connectivity index (χ1n) is 37.2. The standard InChI is InChI=1S/C74H146O7/c1-6-11-15-19-23-27-31-35-39-43-47-51-55-59-64-78-68-70(76)72(79-65-60-56-52-48-44-40-36-32-28-24-20-16-12-7-2)74(81-67-62-58-54-50-46-42-38-34-30-26-22-18-14-9-4)73(71(77)69(75)63-10-5)80-66-61-57-53-49-45-41-37-33-29-25-21-17-13-8-3/h70,72-74,76H,6-68H2,1-5H3/t70-,72-,73+,74+/m1/s1. The summed E-state index contributed by atoms with van der Waals surface area (Å²) in [5.74, 6) is -0.948. The molecular formula is C74H146O7. The lowest BCUT2D eigenvalue weighted by molar-refractivity contribution is -0.184. The second-order valence-corrected chi connectivity index (χ2v) is 25.5. The van der Waals surface area contributed by atoms with Crippen LogP contribution in [0.3, 0.4) is 0 Å². The zero-order valence-electron chi connectivity index (χ0n) is 55.8. The number of carbonyl (C=O) groups excluding carboxylic acids is 2. The Bertz CT molecular complexity index is 1210. The summed E-state index contributed by atoms with van der Waals surface area (Å²) in [6.45, 7) is 13.0. The number of rotatable bonds is 72. The molecule has 7 nitrogen and oxygen atoms in total. The van der Waals surface area contributed by atoms with Crippen molar-refractivity contribution in [3.05, 3.63) is 0 Å². The molecule has 0 saturated heterocycles. The first kappa shape index (κ1) is 80.1. The van der Waals surface area contributed by atoms with Crippen molar-refractivity contribution in [3.8, 4) is 0 Å². The minimum Gasteiger partial charge on any atom is -0.388 e. The number of aliphatic hydroxyl groups is 1. The molecule has 0 radical (unpaired) electrons. The van der Waals surface area contributed by atoms with Crippen molar-refractivity contribution in [1.82, 2.24) is 0 Å². The third-order valence-corrected chi connectivity index (χ3v) is 17.4. The number of ether oxygens (including phenoxy) is 4. The summed E-state index contributed by atoms with van der Waals surface area (Å²) in [6, 6.07) is 0. The second-order valence-electron chi connectivity index (χ2n) is 25.5. The Morgan fingerprint density at radius 3 is 0.753 bits per heavy atom. The summed E-state index contributed by atoms with van der Waals surface area (Å²) in [4.78, 5) is 27.9. The maximum atomic E-state index is 14.3. The van der Waals surface area contributed by atoms with Gasteiger partial charge in [0, 0.05) is 32.8 Å². The van der Waals surface area contributed by atoms with Crippen LogP contribution in [0.15, 0.2) is 0 Å². The van der Waals surface area contributed by atoms with E-state index in [1.54, 1.807) is 0 Å². The SMILES string of the molecule is CCCCCCCCCCCCCCCCOC[C@@H](O)[C@@H](OCCCCCCCCCCCCCCCC)[C@H](OCCCCCCCCCCCCCCCC)[C@@H](OCCCCCCCCCCCCCCCC)C(=O)C(=O)CCC. The first-order valence-corrected chi connectivity index (χ1v) is 37.2. The molecule has 0 bridgehead atoms. The Morgan fingerprint density at radius 1 is 0.272 bits per heavy atom. The summed E-state index contributed by atoms with van der Waals surface area (Å²) >= 11 is 0. The van der Waals surface area contributed by atoms with Gasteiger partial charge in [-0.1, -0.05) is 369 Å². The van der Waals surface area contributed by atoms with Gasteiger partial charge in [0.2, 0.25) is 11.6 Å². The topological polar surface area (TPSA) is 91.3 Å². The van der Waals surface area contributed by atoms with Gasteiger partial charge in [-0.3, -0.25) is 9.59 Å². The fraction of sp³-hybridized carbons (Fsp3) is 0.973. The van der Waals surface area contributed by atoms with Crippen LogP contribution < -0.4 is 0 Å². The van der Waals surface area contributed by atoms with Gasteiger partial charge in [-0.05, 0) is 32.1 Å². The van der Waals surface area contributed by atoms with Crippen molar-refractivity contribution >= 4 is 11.6 Å². The van der Waals surface area contributed by atoms with E-state index in [0.29, 0.717) is 32.8 Å². The van der Waals surface area contributed by atoms with Crippen LogP contribution in [0.2, 0.25) is 0 Å². The number of carbonyl (C=O) groups is 2. The molecule has 0 heterocycles. The molecule has 0 rings (SSSR count). The van der Waals surface area contributed by atoms with E-state index in [4.69, 9.17) is 18.9 Å². The quantitative estimate of drug-likeness (QED) is 0.0479. The fourth-order valence-corrected chi connectivity index (χ4v) is 11.8. The van der Waals surface area contributed by atoms with Gasteiger partial charge in [0.05, 0.1) is 6.61 Å². The van der Waals surface area contributed by atoms with Crippen molar-refractivity contribution in [2.24, 2.45) is 0 Å². The molecule has 484 valence electrons. The Hall–Kier alpha value is -0.860. The van der Waals surface area contributed by atoms with Gasteiger partial charge in [-0.25, -0.2) is 0 Å². The summed E-state index contributed by atoms with van der Waals surface area (Å²) in [6.07, 6.45) is 68.7. The van der Waals surface area contributed by atoms with Crippen LogP contribution in [0.4, 0.5) is 0 Å². The van der Waals surface area contributed by atoms with Gasteiger partial charge < -0.3 is 24.1 Å². The van der Waals surface area contributed by atoms with Gasteiger partial charge in [-0.15, -0.1) is 0 Å². The Labute approximate surface area is 507 Å². The molecule has 7 heteroatoms. The molecule has 0 aromatic rings. The van der Waals surface area contributed by atoms with E-state index in [0.717, 1.165) is 64.2 Å². The lowest BCUT2D eigenvalue weighted by atomic mass is 9.96. The van der Waals surface area contributed by atoms with Gasteiger partial charge in [0.15, 0.2) is 6.10 Å². The largest absolute Gasteiger partial charge is 0.388 e. The molecule has 81 heavy (non-hydrogen) atoms. The average Bonchev–Trinajstić information content (AvgIpc) is 3.47. The van der Waals surface area contributed by atoms with E-state index < -0.39 is 36.0 Å². The Morgan fingerprint density at radius 2 is 0.494 bits per heavy atom. The highest BCUT2D eigenvalue weighted by Gasteiger charge is 2.42. The molecule has 0 unspecified atom stereocenters. The predicted molar refractivity (Wildman–Crippen MR) is 352 cm³/mol. The highest BCUT2D eigenvalue weighted by Crippen LogP contribution is 2.23. The van der Waals surface area contributed by atoms with Crippen LogP contribution in [0, 0.1) is 0 Å².